The van der Waals surface area contributed by atoms with Gasteiger partial charge in [-0.25, -0.2) is 9.89 Å². The molecule has 0 aliphatic carbocycles. The highest BCUT2D eigenvalue weighted by Gasteiger charge is 1.99. The van der Waals surface area contributed by atoms with Gasteiger partial charge in [-0.05, 0) is 29.3 Å². The summed E-state index contributed by atoms with van der Waals surface area (Å²) in [6.45, 7) is 2.60. The van der Waals surface area contributed by atoms with E-state index in [4.69, 9.17) is 0 Å². The minimum absolute atomic E-state index is 0.261. The van der Waals surface area contributed by atoms with Gasteiger partial charge in [0, 0.05) is 0 Å². The number of aromatic nitrogens is 4. The first-order valence-electron chi connectivity index (χ1n) is 4.79. The Bertz CT molecular complexity index is 500. The number of nitrogens with zero attached hydrogens (tertiary/aromatic N) is 3. The molecule has 15 heavy (non-hydrogen) atoms. The molecule has 1 aromatic heterocycles. The summed E-state index contributed by atoms with van der Waals surface area (Å²) >= 11 is 0. The van der Waals surface area contributed by atoms with Crippen molar-refractivity contribution in [1.29, 1.82) is 0 Å². The van der Waals surface area contributed by atoms with Gasteiger partial charge in [-0.1, -0.05) is 29.8 Å². The van der Waals surface area contributed by atoms with Crippen LogP contribution >= 0.6 is 0 Å². The van der Waals surface area contributed by atoms with Crippen LogP contribution in [0.15, 0.2) is 29.1 Å². The SMILES string of the molecule is Cc1cccc(CCn2nn[nH]c2=O)c1. The first-order valence-corrected chi connectivity index (χ1v) is 4.79. The Morgan fingerprint density at radius 3 is 3.00 bits per heavy atom. The van der Waals surface area contributed by atoms with Gasteiger partial charge in [0.1, 0.15) is 0 Å². The van der Waals surface area contributed by atoms with Crippen molar-refractivity contribution in [2.24, 2.45) is 0 Å². The standard InChI is InChI=1S/C10H12N4O/c1-8-3-2-4-9(7-8)5-6-14-10(15)11-12-13-14/h2-4,7H,5-6H2,1H3,(H,11,13,15). The highest BCUT2D eigenvalue weighted by molar-refractivity contribution is 5.22. The Balaban J connectivity index is 2.05. The molecule has 0 saturated carbocycles. The number of benzene rings is 1. The quantitative estimate of drug-likeness (QED) is 0.792. The van der Waals surface area contributed by atoms with Crippen molar-refractivity contribution in [3.63, 3.8) is 0 Å². The first kappa shape index (κ1) is 9.64. The average molecular weight is 204 g/mol. The van der Waals surface area contributed by atoms with Crippen LogP contribution in [-0.4, -0.2) is 20.2 Å². The van der Waals surface area contributed by atoms with E-state index in [9.17, 15) is 4.79 Å². The maximum Gasteiger partial charge on any atom is 0.361 e. The lowest BCUT2D eigenvalue weighted by molar-refractivity contribution is 0.574. The van der Waals surface area contributed by atoms with Crippen molar-refractivity contribution >= 4 is 0 Å². The predicted octanol–water partition coefficient (Wildman–Crippen LogP) is 0.518. The van der Waals surface area contributed by atoms with Crippen LogP contribution in [-0.2, 0) is 13.0 Å². The lowest BCUT2D eigenvalue weighted by Crippen LogP contribution is -2.19. The fourth-order valence-electron chi connectivity index (χ4n) is 1.47. The second-order valence-electron chi connectivity index (χ2n) is 3.47. The molecule has 0 fully saturated rings. The summed E-state index contributed by atoms with van der Waals surface area (Å²) in [5, 5.41) is 9.34. The minimum atomic E-state index is -0.261. The van der Waals surface area contributed by atoms with Crippen LogP contribution in [0.3, 0.4) is 0 Å². The van der Waals surface area contributed by atoms with Crippen molar-refractivity contribution in [2.75, 3.05) is 0 Å². The second-order valence-corrected chi connectivity index (χ2v) is 3.47. The third kappa shape index (κ3) is 2.31. The van der Waals surface area contributed by atoms with Crippen LogP contribution in [0.4, 0.5) is 0 Å². The molecule has 1 N–H and O–H groups in total. The number of nitrogens with one attached hydrogen (secondary N) is 1. The molecule has 0 aliphatic heterocycles. The number of H-pyrrole nitrogens is 1. The van der Waals surface area contributed by atoms with Gasteiger partial charge in [-0.2, -0.15) is 4.68 Å². The summed E-state index contributed by atoms with van der Waals surface area (Å²) in [5.41, 5.74) is 2.16. The van der Waals surface area contributed by atoms with Gasteiger partial charge >= 0.3 is 5.69 Å². The zero-order chi connectivity index (χ0) is 10.7. The smallest absolute Gasteiger partial charge is 0.245 e. The van der Waals surface area contributed by atoms with Crippen molar-refractivity contribution in [1.82, 2.24) is 20.2 Å². The molecule has 2 aromatic rings. The van der Waals surface area contributed by atoms with Crippen LogP contribution in [0, 0.1) is 6.92 Å². The van der Waals surface area contributed by atoms with Gasteiger partial charge < -0.3 is 0 Å². The monoisotopic (exact) mass is 204 g/mol. The summed E-state index contributed by atoms with van der Waals surface area (Å²) < 4.78 is 1.32. The average Bonchev–Trinajstić information content (AvgIpc) is 2.61. The Morgan fingerprint density at radius 1 is 1.47 bits per heavy atom. The van der Waals surface area contributed by atoms with E-state index in [0.717, 1.165) is 6.42 Å². The van der Waals surface area contributed by atoms with Crippen molar-refractivity contribution in [2.45, 2.75) is 19.9 Å². The Hall–Kier alpha value is -1.91. The van der Waals surface area contributed by atoms with E-state index in [0.29, 0.717) is 6.54 Å². The maximum absolute atomic E-state index is 11.1. The lowest BCUT2D eigenvalue weighted by atomic mass is 10.1. The van der Waals surface area contributed by atoms with E-state index >= 15 is 0 Å². The van der Waals surface area contributed by atoms with Gasteiger partial charge in [-0.15, -0.1) is 0 Å². The Morgan fingerprint density at radius 2 is 2.33 bits per heavy atom. The van der Waals surface area contributed by atoms with E-state index in [2.05, 4.69) is 21.6 Å². The van der Waals surface area contributed by atoms with Crippen LogP contribution in [0.2, 0.25) is 0 Å². The van der Waals surface area contributed by atoms with E-state index in [1.54, 1.807) is 0 Å². The summed E-state index contributed by atoms with van der Waals surface area (Å²) in [5.74, 6) is 0. The van der Waals surface area contributed by atoms with E-state index in [1.807, 2.05) is 25.1 Å². The van der Waals surface area contributed by atoms with Gasteiger partial charge in [0.05, 0.1) is 6.54 Å². The molecule has 5 nitrogen and oxygen atoms in total. The second kappa shape index (κ2) is 4.08. The number of tetrazole rings is 1. The highest BCUT2D eigenvalue weighted by atomic mass is 16.2. The minimum Gasteiger partial charge on any atom is -0.245 e. The number of aryl methyl sites for hydroxylation is 3. The third-order valence-electron chi connectivity index (χ3n) is 2.23. The molecule has 78 valence electrons. The molecule has 0 unspecified atom stereocenters. The summed E-state index contributed by atoms with van der Waals surface area (Å²) in [6, 6.07) is 8.20. The molecule has 0 bridgehead atoms. The van der Waals surface area contributed by atoms with Crippen LogP contribution in [0.1, 0.15) is 11.1 Å². The Kier molecular flexibility index (Phi) is 2.62. The highest BCUT2D eigenvalue weighted by Crippen LogP contribution is 2.04. The van der Waals surface area contributed by atoms with Gasteiger partial charge in [-0.3, -0.25) is 0 Å². The number of hydrogen-bond acceptors (Lipinski definition) is 3. The molecule has 0 aliphatic rings. The molecule has 1 heterocycles. The fraction of sp³-hybridized carbons (Fsp3) is 0.300. The zero-order valence-corrected chi connectivity index (χ0v) is 8.47. The van der Waals surface area contributed by atoms with Crippen molar-refractivity contribution < 1.29 is 0 Å². The van der Waals surface area contributed by atoms with Gasteiger partial charge in [0.15, 0.2) is 0 Å². The molecule has 0 saturated heterocycles. The summed E-state index contributed by atoms with van der Waals surface area (Å²) in [6.07, 6.45) is 0.786. The molecule has 0 spiro atoms. The van der Waals surface area contributed by atoms with Crippen molar-refractivity contribution in [3.8, 4) is 0 Å². The maximum atomic E-state index is 11.1. The third-order valence-corrected chi connectivity index (χ3v) is 2.23. The van der Waals surface area contributed by atoms with E-state index in [1.165, 1.54) is 15.8 Å². The zero-order valence-electron chi connectivity index (χ0n) is 8.47. The van der Waals surface area contributed by atoms with Crippen LogP contribution in [0.5, 0.6) is 0 Å². The number of hydrogen-bond donors (Lipinski definition) is 1. The molecule has 0 amide bonds. The van der Waals surface area contributed by atoms with Gasteiger partial charge in [0.25, 0.3) is 0 Å². The van der Waals surface area contributed by atoms with Crippen molar-refractivity contribution in [3.05, 3.63) is 45.9 Å². The fourth-order valence-corrected chi connectivity index (χ4v) is 1.47. The predicted molar refractivity (Wildman–Crippen MR) is 55.5 cm³/mol. The molecular formula is C10H12N4O. The van der Waals surface area contributed by atoms with Crippen LogP contribution in [0.25, 0.3) is 0 Å². The molecule has 0 atom stereocenters. The summed E-state index contributed by atoms with van der Waals surface area (Å²) in [4.78, 5) is 11.1. The topological polar surface area (TPSA) is 63.6 Å². The molecule has 2 rings (SSSR count). The number of rotatable bonds is 3. The normalized spacial score (nSPS) is 10.5. The molecular weight excluding hydrogens is 192 g/mol. The molecule has 5 heteroatoms. The number of aromatic amines is 1. The summed E-state index contributed by atoms with van der Waals surface area (Å²) in [7, 11) is 0. The molecule has 1 aromatic carbocycles. The van der Waals surface area contributed by atoms with E-state index < -0.39 is 0 Å². The Labute approximate surface area is 86.7 Å². The molecule has 0 radical (unpaired) electrons. The lowest BCUT2D eigenvalue weighted by Gasteiger charge is -2.01. The van der Waals surface area contributed by atoms with E-state index in [-0.39, 0.29) is 5.69 Å². The van der Waals surface area contributed by atoms with Crippen LogP contribution < -0.4 is 5.69 Å². The largest absolute Gasteiger partial charge is 0.361 e. The van der Waals surface area contributed by atoms with Gasteiger partial charge in [0.2, 0.25) is 0 Å². The first-order chi connectivity index (χ1) is 7.25.